The molecule has 0 atom stereocenters. The molecule has 5 N–H and O–H groups in total. The molecule has 4 aromatic carbocycles. The Morgan fingerprint density at radius 3 is 1.98 bits per heavy atom. The molecule has 28 heteroatoms. The lowest BCUT2D eigenvalue weighted by Gasteiger charge is -2.12. The predicted octanol–water partition coefficient (Wildman–Crippen LogP) is 5.17. The Labute approximate surface area is 342 Å². The van der Waals surface area contributed by atoms with Gasteiger partial charge in [0.25, 0.3) is 20.2 Å². The number of phenolic OH excluding ortho intramolecular Hbond substituents is 1. The van der Waals surface area contributed by atoms with Gasteiger partial charge in [-0.3, -0.25) is 23.4 Å². The van der Waals surface area contributed by atoms with Crippen LogP contribution in [0.15, 0.2) is 101 Å². The predicted molar refractivity (Wildman–Crippen MR) is 212 cm³/mol. The van der Waals surface area contributed by atoms with Crippen molar-refractivity contribution in [1.29, 1.82) is 0 Å². The van der Waals surface area contributed by atoms with Crippen LogP contribution >= 0.6 is 11.6 Å². The largest absolute Gasteiger partial charge is 0.507 e. The lowest BCUT2D eigenvalue weighted by molar-refractivity contribution is -0.116. The number of carbonyl (C=O) groups excluding carboxylic acids is 1. The zero-order valence-electron chi connectivity index (χ0n) is 29.8. The third-order valence-electron chi connectivity index (χ3n) is 7.68. The van der Waals surface area contributed by atoms with Crippen LogP contribution in [0, 0.1) is 0 Å². The van der Waals surface area contributed by atoms with E-state index in [2.05, 4.69) is 41.7 Å². The standard InChI is InChI=1S/C31H31ClN6O16S5/c1-33-23-9-4-19-15-22(57(45,46)47)16-27(39)30(19)31(23)38-37-26-17-24(34-29(40)3-2-12-55(41,42)13-10-32)25(18-28(26)58(48,49)50)36-35-20-5-7-21(8-6-20)56(43,44)14-11-54-59(51,52)53/h4-9,15-18,39H,1-3,10-14H2,(H,34,40)(H,45,46,47)(H,48,49,50)(H,51,52,53). The van der Waals surface area contributed by atoms with Crippen LogP contribution in [0.25, 0.3) is 10.8 Å². The summed E-state index contributed by atoms with van der Waals surface area (Å²) < 4.78 is 152. The number of carbonyl (C=O) groups is 1. The van der Waals surface area contributed by atoms with E-state index in [0.717, 1.165) is 42.5 Å². The molecule has 4 rings (SSSR count). The number of amides is 1. The number of sulfone groups is 2. The van der Waals surface area contributed by atoms with Gasteiger partial charge in [0.05, 0.1) is 56.1 Å². The van der Waals surface area contributed by atoms with Gasteiger partial charge >= 0.3 is 10.4 Å². The smallest absolute Gasteiger partial charge is 0.397 e. The van der Waals surface area contributed by atoms with Gasteiger partial charge < -0.3 is 10.4 Å². The molecule has 0 unspecified atom stereocenters. The first-order chi connectivity index (χ1) is 27.3. The highest BCUT2D eigenvalue weighted by molar-refractivity contribution is 7.91. The number of benzene rings is 4. The van der Waals surface area contributed by atoms with E-state index in [1.807, 2.05) is 0 Å². The van der Waals surface area contributed by atoms with Gasteiger partial charge in [0, 0.05) is 18.4 Å². The molecule has 0 saturated heterocycles. The zero-order chi connectivity index (χ0) is 44.0. The quantitative estimate of drug-likeness (QED) is 0.0350. The van der Waals surface area contributed by atoms with Gasteiger partial charge in [0.1, 0.15) is 27.7 Å². The number of nitrogens with zero attached hydrogens (tertiary/aromatic N) is 5. The van der Waals surface area contributed by atoms with Crippen molar-refractivity contribution in [2.75, 3.05) is 35.1 Å². The van der Waals surface area contributed by atoms with Crippen molar-refractivity contribution in [3.05, 3.63) is 60.7 Å². The number of phenols is 1. The van der Waals surface area contributed by atoms with Crippen LogP contribution in [0.5, 0.6) is 5.75 Å². The highest BCUT2D eigenvalue weighted by Gasteiger charge is 2.23. The van der Waals surface area contributed by atoms with Crippen molar-refractivity contribution in [2.45, 2.75) is 27.5 Å². The highest BCUT2D eigenvalue weighted by Crippen LogP contribution is 2.44. The first kappa shape index (κ1) is 46.8. The van der Waals surface area contributed by atoms with Gasteiger partial charge in [-0.05, 0) is 67.1 Å². The van der Waals surface area contributed by atoms with E-state index in [4.69, 9.17) is 16.2 Å². The molecule has 4 aromatic rings. The number of hydrogen-bond donors (Lipinski definition) is 5. The van der Waals surface area contributed by atoms with Crippen molar-refractivity contribution in [1.82, 2.24) is 0 Å². The van der Waals surface area contributed by atoms with Gasteiger partial charge in [-0.15, -0.1) is 26.9 Å². The normalized spacial score (nSPS) is 13.0. The number of rotatable bonds is 19. The Bertz CT molecular complexity index is 2930. The third-order valence-corrected chi connectivity index (χ3v) is 13.7. The minimum atomic E-state index is -5.21. The minimum Gasteiger partial charge on any atom is -0.507 e. The molecule has 22 nitrogen and oxygen atoms in total. The summed E-state index contributed by atoms with van der Waals surface area (Å²) in [5.74, 6) is -3.26. The van der Waals surface area contributed by atoms with Crippen molar-refractivity contribution in [3.63, 3.8) is 0 Å². The van der Waals surface area contributed by atoms with Gasteiger partial charge in [-0.1, -0.05) is 6.07 Å². The van der Waals surface area contributed by atoms with Gasteiger partial charge in [0.2, 0.25) is 5.91 Å². The lowest BCUT2D eigenvalue weighted by atomic mass is 10.1. The molecule has 318 valence electrons. The maximum Gasteiger partial charge on any atom is 0.397 e. The van der Waals surface area contributed by atoms with E-state index in [-0.39, 0.29) is 62.9 Å². The molecule has 0 saturated carbocycles. The maximum absolute atomic E-state index is 13.0. The van der Waals surface area contributed by atoms with Crippen LogP contribution in [0.3, 0.4) is 0 Å². The fourth-order valence-corrected chi connectivity index (χ4v) is 9.36. The minimum absolute atomic E-state index is 0.00236. The summed E-state index contributed by atoms with van der Waals surface area (Å²) in [6.07, 6.45) is -0.536. The van der Waals surface area contributed by atoms with Gasteiger partial charge in [-0.2, -0.15) is 30.4 Å². The fraction of sp³-hybridized carbons (Fsp3) is 0.226. The number of azo groups is 2. The molecule has 59 heavy (non-hydrogen) atoms. The molecule has 0 spiro atoms. The van der Waals surface area contributed by atoms with Crippen molar-refractivity contribution < 1.29 is 69.8 Å². The Kier molecular flexibility index (Phi) is 14.8. The molecule has 0 aromatic heterocycles. The number of hydrogen-bond acceptors (Lipinski definition) is 18. The molecule has 0 radical (unpaired) electrons. The summed E-state index contributed by atoms with van der Waals surface area (Å²) >= 11 is 5.52. The second kappa shape index (κ2) is 18.6. The maximum atomic E-state index is 13.0. The van der Waals surface area contributed by atoms with Crippen LogP contribution in [0.2, 0.25) is 0 Å². The van der Waals surface area contributed by atoms with Crippen molar-refractivity contribution in [2.24, 2.45) is 25.4 Å². The number of anilines is 1. The summed E-state index contributed by atoms with van der Waals surface area (Å²) in [5.41, 5.74) is -1.80. The number of aromatic hydroxyl groups is 1. The first-order valence-corrected chi connectivity index (χ1v) is 24.3. The average Bonchev–Trinajstić information content (AvgIpc) is 3.11. The number of aliphatic imine (C=N–C) groups is 1. The Morgan fingerprint density at radius 2 is 1.39 bits per heavy atom. The topological polar surface area (TPSA) is 352 Å². The van der Waals surface area contributed by atoms with Crippen LogP contribution < -0.4 is 5.32 Å². The van der Waals surface area contributed by atoms with Crippen molar-refractivity contribution >= 4 is 119 Å². The van der Waals surface area contributed by atoms with E-state index < -0.39 is 101 Å². The molecule has 0 aliphatic heterocycles. The van der Waals surface area contributed by atoms with Gasteiger partial charge in [0.15, 0.2) is 19.7 Å². The molecular formula is C31H31ClN6O16S5. The van der Waals surface area contributed by atoms with E-state index in [1.54, 1.807) is 0 Å². The summed E-state index contributed by atoms with van der Waals surface area (Å²) in [5, 5.41) is 28.8. The SMILES string of the molecule is C=Nc1ccc2cc(S(=O)(=O)O)cc(O)c2c1N=Nc1cc(NC(=O)CCCS(=O)(=O)CCCl)c(N=Nc2ccc(S(=O)(=O)CCOS(=O)(=O)O)cc2)cc1S(=O)(=O)O. The summed E-state index contributed by atoms with van der Waals surface area (Å²) in [6.45, 7) is 2.52. The molecule has 0 heterocycles. The number of nitrogens with one attached hydrogen (secondary N) is 1. The second-order valence-electron chi connectivity index (χ2n) is 11.9. The fourth-order valence-electron chi connectivity index (χ4n) is 4.98. The average molecular weight is 939 g/mol. The number of halogens is 1. The van der Waals surface area contributed by atoms with E-state index >= 15 is 0 Å². The first-order valence-electron chi connectivity index (χ1n) is 16.1. The van der Waals surface area contributed by atoms with Gasteiger partial charge in [-0.25, -0.2) is 21.0 Å². The highest BCUT2D eigenvalue weighted by atomic mass is 35.5. The molecule has 0 aliphatic rings. The van der Waals surface area contributed by atoms with E-state index in [9.17, 15) is 61.1 Å². The van der Waals surface area contributed by atoms with Crippen LogP contribution in [-0.2, 0) is 59.3 Å². The Hall–Kier alpha value is -4.84. The Balaban J connectivity index is 1.81. The summed E-state index contributed by atoms with van der Waals surface area (Å²) in [4.78, 5) is 14.9. The zero-order valence-corrected chi connectivity index (χ0v) is 34.6. The summed E-state index contributed by atoms with van der Waals surface area (Å²) in [7, 11) is -22.6. The molecule has 1 amide bonds. The monoisotopic (exact) mass is 938 g/mol. The third kappa shape index (κ3) is 13.1. The molecule has 0 fully saturated rings. The number of alkyl halides is 1. The van der Waals surface area contributed by atoms with Crippen LogP contribution in [0.4, 0.5) is 34.1 Å². The second-order valence-corrected chi connectivity index (χ2v) is 20.6. The van der Waals surface area contributed by atoms with Crippen molar-refractivity contribution in [3.8, 4) is 5.75 Å². The molecular weight excluding hydrogens is 908 g/mol. The van der Waals surface area contributed by atoms with E-state index in [0.29, 0.717) is 6.07 Å². The molecule has 0 bridgehead atoms. The number of fused-ring (bicyclic) bond motifs is 1. The lowest BCUT2D eigenvalue weighted by Crippen LogP contribution is -2.16. The van der Waals surface area contributed by atoms with Crippen LogP contribution in [-0.4, -0.2) is 103 Å². The summed E-state index contributed by atoms with van der Waals surface area (Å²) in [6, 6.07) is 10.3. The Morgan fingerprint density at radius 1 is 0.729 bits per heavy atom. The molecule has 0 aliphatic carbocycles. The van der Waals surface area contributed by atoms with E-state index in [1.165, 1.54) is 12.1 Å². The van der Waals surface area contributed by atoms with Crippen LogP contribution in [0.1, 0.15) is 12.8 Å².